The fraction of sp³-hybridized carbons (Fsp3) is 0.231. The molecule has 1 aromatic heterocycles. The van der Waals surface area contributed by atoms with Crippen LogP contribution in [-0.2, 0) is 11.2 Å². The zero-order valence-electron chi connectivity index (χ0n) is 10.9. The van der Waals surface area contributed by atoms with Crippen molar-refractivity contribution in [1.82, 2.24) is 15.5 Å². The Morgan fingerprint density at radius 1 is 1.55 bits per heavy atom. The molecule has 2 aromatic rings. The van der Waals surface area contributed by atoms with Gasteiger partial charge in [-0.25, -0.2) is 0 Å². The highest BCUT2D eigenvalue weighted by Crippen LogP contribution is 2.14. The Morgan fingerprint density at radius 2 is 2.35 bits per heavy atom. The van der Waals surface area contributed by atoms with Crippen molar-refractivity contribution in [2.24, 2.45) is 0 Å². The molecule has 0 saturated heterocycles. The van der Waals surface area contributed by atoms with Gasteiger partial charge in [0.15, 0.2) is 0 Å². The van der Waals surface area contributed by atoms with E-state index in [9.17, 15) is 14.9 Å². The van der Waals surface area contributed by atoms with E-state index in [2.05, 4.69) is 15.5 Å². The van der Waals surface area contributed by atoms with E-state index in [-0.39, 0.29) is 24.1 Å². The highest BCUT2D eigenvalue weighted by Gasteiger charge is 2.12. The standard InChI is InChI=1S/C13H14N4O3/c1-9(11-7-14-15-8-11)16-13(18)6-10-3-2-4-12(5-10)17(19)20/h2-5,7-9H,6H2,1H3,(H,14,15)(H,16,18). The fourth-order valence-electron chi connectivity index (χ4n) is 1.84. The van der Waals surface area contributed by atoms with Crippen LogP contribution in [-0.4, -0.2) is 21.0 Å². The van der Waals surface area contributed by atoms with E-state index in [1.54, 1.807) is 24.5 Å². The maximum absolute atomic E-state index is 11.9. The average molecular weight is 274 g/mol. The van der Waals surface area contributed by atoms with Crippen LogP contribution in [0.3, 0.4) is 0 Å². The molecule has 0 fully saturated rings. The second kappa shape index (κ2) is 5.96. The van der Waals surface area contributed by atoms with E-state index >= 15 is 0 Å². The third-order valence-electron chi connectivity index (χ3n) is 2.88. The van der Waals surface area contributed by atoms with Crippen LogP contribution in [0.4, 0.5) is 5.69 Å². The van der Waals surface area contributed by atoms with Crippen LogP contribution in [0.1, 0.15) is 24.1 Å². The van der Waals surface area contributed by atoms with E-state index in [1.165, 1.54) is 12.1 Å². The third kappa shape index (κ3) is 3.41. The summed E-state index contributed by atoms with van der Waals surface area (Å²) in [4.78, 5) is 22.1. The summed E-state index contributed by atoms with van der Waals surface area (Å²) in [6.07, 6.45) is 3.44. The SMILES string of the molecule is CC(NC(=O)Cc1cccc([N+](=O)[O-])c1)c1cn[nH]c1. The molecule has 0 spiro atoms. The molecule has 104 valence electrons. The van der Waals surface area contributed by atoms with Crippen molar-refractivity contribution in [1.29, 1.82) is 0 Å². The van der Waals surface area contributed by atoms with Crippen LogP contribution < -0.4 is 5.32 Å². The van der Waals surface area contributed by atoms with E-state index in [0.717, 1.165) is 5.56 Å². The minimum atomic E-state index is -0.477. The van der Waals surface area contributed by atoms with Gasteiger partial charge in [0.1, 0.15) is 0 Å². The molecule has 1 unspecified atom stereocenters. The second-order valence-electron chi connectivity index (χ2n) is 4.42. The van der Waals surface area contributed by atoms with Gasteiger partial charge in [-0.15, -0.1) is 0 Å². The number of H-pyrrole nitrogens is 1. The largest absolute Gasteiger partial charge is 0.349 e. The third-order valence-corrected chi connectivity index (χ3v) is 2.88. The number of nitrogens with one attached hydrogen (secondary N) is 2. The van der Waals surface area contributed by atoms with Crippen LogP contribution in [0.15, 0.2) is 36.7 Å². The van der Waals surface area contributed by atoms with E-state index in [1.807, 2.05) is 6.92 Å². The molecular formula is C13H14N4O3. The number of aromatic nitrogens is 2. The lowest BCUT2D eigenvalue weighted by atomic mass is 10.1. The number of hydrogen-bond acceptors (Lipinski definition) is 4. The van der Waals surface area contributed by atoms with E-state index < -0.39 is 4.92 Å². The first-order chi connectivity index (χ1) is 9.56. The molecule has 1 amide bonds. The summed E-state index contributed by atoms with van der Waals surface area (Å²) < 4.78 is 0. The van der Waals surface area contributed by atoms with Crippen LogP contribution in [0.2, 0.25) is 0 Å². The van der Waals surface area contributed by atoms with Gasteiger partial charge in [-0.3, -0.25) is 20.0 Å². The summed E-state index contributed by atoms with van der Waals surface area (Å²) in [5.74, 6) is -0.195. The van der Waals surface area contributed by atoms with Crippen LogP contribution in [0.25, 0.3) is 0 Å². The molecule has 7 nitrogen and oxygen atoms in total. The van der Waals surface area contributed by atoms with Gasteiger partial charge in [0.2, 0.25) is 5.91 Å². The molecule has 0 bridgehead atoms. The molecule has 0 radical (unpaired) electrons. The first kappa shape index (κ1) is 13.7. The lowest BCUT2D eigenvalue weighted by Crippen LogP contribution is -2.27. The molecule has 0 aliphatic carbocycles. The summed E-state index contributed by atoms with van der Waals surface area (Å²) >= 11 is 0. The first-order valence-corrected chi connectivity index (χ1v) is 6.07. The highest BCUT2D eigenvalue weighted by molar-refractivity contribution is 5.79. The monoisotopic (exact) mass is 274 g/mol. The van der Waals surface area contributed by atoms with Gasteiger partial charge in [-0.05, 0) is 12.5 Å². The molecule has 1 aromatic carbocycles. The summed E-state index contributed by atoms with van der Waals surface area (Å²) in [5.41, 5.74) is 1.46. The highest BCUT2D eigenvalue weighted by atomic mass is 16.6. The average Bonchev–Trinajstić information content (AvgIpc) is 2.92. The van der Waals surface area contributed by atoms with Crippen molar-refractivity contribution in [2.75, 3.05) is 0 Å². The smallest absolute Gasteiger partial charge is 0.269 e. The maximum Gasteiger partial charge on any atom is 0.269 e. The van der Waals surface area contributed by atoms with Crippen LogP contribution in [0, 0.1) is 10.1 Å². The Balaban J connectivity index is 1.98. The lowest BCUT2D eigenvalue weighted by molar-refractivity contribution is -0.384. The molecule has 1 atom stereocenters. The molecule has 7 heteroatoms. The molecule has 0 aliphatic heterocycles. The lowest BCUT2D eigenvalue weighted by Gasteiger charge is -2.11. The first-order valence-electron chi connectivity index (χ1n) is 6.07. The van der Waals surface area contributed by atoms with Gasteiger partial charge in [0.05, 0.1) is 23.6 Å². The number of rotatable bonds is 5. The molecule has 2 N–H and O–H groups in total. The number of nitrogens with zero attached hydrogens (tertiary/aromatic N) is 2. The Kier molecular flexibility index (Phi) is 4.09. The number of benzene rings is 1. The summed E-state index contributed by atoms with van der Waals surface area (Å²) in [6.45, 7) is 1.84. The van der Waals surface area contributed by atoms with Crippen molar-refractivity contribution < 1.29 is 9.72 Å². The molecule has 0 saturated carbocycles. The van der Waals surface area contributed by atoms with Crippen LogP contribution in [0.5, 0.6) is 0 Å². The summed E-state index contributed by atoms with van der Waals surface area (Å²) in [7, 11) is 0. The summed E-state index contributed by atoms with van der Waals surface area (Å²) in [5, 5.41) is 20.0. The Labute approximate surface area is 115 Å². The Hall–Kier alpha value is -2.70. The van der Waals surface area contributed by atoms with Gasteiger partial charge in [-0.1, -0.05) is 12.1 Å². The van der Waals surface area contributed by atoms with Gasteiger partial charge in [-0.2, -0.15) is 5.10 Å². The number of hydrogen-bond donors (Lipinski definition) is 2. The van der Waals surface area contributed by atoms with E-state index in [4.69, 9.17) is 0 Å². The number of amides is 1. The van der Waals surface area contributed by atoms with Gasteiger partial charge in [0, 0.05) is 23.9 Å². The minimum Gasteiger partial charge on any atom is -0.349 e. The number of aromatic amines is 1. The van der Waals surface area contributed by atoms with Gasteiger partial charge in [0.25, 0.3) is 5.69 Å². The van der Waals surface area contributed by atoms with Gasteiger partial charge < -0.3 is 5.32 Å². The van der Waals surface area contributed by atoms with Crippen molar-refractivity contribution in [3.8, 4) is 0 Å². The normalized spacial score (nSPS) is 11.8. The molecule has 1 heterocycles. The zero-order valence-corrected chi connectivity index (χ0v) is 10.9. The summed E-state index contributed by atoms with van der Waals surface area (Å²) in [6, 6.07) is 5.90. The fourth-order valence-corrected chi connectivity index (χ4v) is 1.84. The van der Waals surface area contributed by atoms with Gasteiger partial charge >= 0.3 is 0 Å². The van der Waals surface area contributed by atoms with Crippen molar-refractivity contribution in [3.05, 3.63) is 57.9 Å². The predicted octanol–water partition coefficient (Wildman–Crippen LogP) is 1.74. The quantitative estimate of drug-likeness (QED) is 0.640. The van der Waals surface area contributed by atoms with Crippen molar-refractivity contribution in [3.63, 3.8) is 0 Å². The van der Waals surface area contributed by atoms with Crippen molar-refractivity contribution in [2.45, 2.75) is 19.4 Å². The van der Waals surface area contributed by atoms with Crippen molar-refractivity contribution >= 4 is 11.6 Å². The molecule has 2 rings (SSSR count). The number of nitro benzene ring substituents is 1. The molecular weight excluding hydrogens is 260 g/mol. The number of nitro groups is 1. The zero-order chi connectivity index (χ0) is 14.5. The number of carbonyl (C=O) groups excluding carboxylic acids is 1. The topological polar surface area (TPSA) is 101 Å². The number of non-ortho nitro benzene ring substituents is 1. The Morgan fingerprint density at radius 3 is 3.00 bits per heavy atom. The minimum absolute atomic E-state index is 0.0156. The van der Waals surface area contributed by atoms with E-state index in [0.29, 0.717) is 5.56 Å². The molecule has 0 aliphatic rings. The Bertz CT molecular complexity index is 610. The molecule has 20 heavy (non-hydrogen) atoms. The van der Waals surface area contributed by atoms with Crippen LogP contribution >= 0.6 is 0 Å². The second-order valence-corrected chi connectivity index (χ2v) is 4.42. The number of carbonyl (C=O) groups is 1. The maximum atomic E-state index is 11.9. The predicted molar refractivity (Wildman–Crippen MR) is 71.9 cm³/mol.